The Morgan fingerprint density at radius 3 is 2.53 bits per heavy atom. The van der Waals surface area contributed by atoms with Crippen molar-refractivity contribution in [2.45, 2.75) is 44.0 Å². The van der Waals surface area contributed by atoms with E-state index in [1.807, 2.05) is 12.1 Å². The van der Waals surface area contributed by atoms with Crippen molar-refractivity contribution in [1.29, 1.82) is 0 Å². The lowest BCUT2D eigenvalue weighted by Gasteiger charge is -2.31. The molecular formula is C21H26Cl2N2O4S. The van der Waals surface area contributed by atoms with Gasteiger partial charge < -0.3 is 15.3 Å². The minimum Gasteiger partial charge on any atom is -0.480 e. The van der Waals surface area contributed by atoms with Crippen LogP contribution in [-0.2, 0) is 14.4 Å². The number of hydrogen-bond acceptors (Lipinski definition) is 4. The van der Waals surface area contributed by atoms with Crippen LogP contribution >= 0.6 is 35.0 Å². The summed E-state index contributed by atoms with van der Waals surface area (Å²) in [5, 5.41) is 12.3. The largest absolute Gasteiger partial charge is 0.480 e. The Balaban J connectivity index is 1.92. The second kappa shape index (κ2) is 11.6. The summed E-state index contributed by atoms with van der Waals surface area (Å²) in [6, 6.07) is 2.82. The van der Waals surface area contributed by atoms with Gasteiger partial charge in [0.15, 0.2) is 0 Å². The summed E-state index contributed by atoms with van der Waals surface area (Å²) in [7, 11) is 0. The summed E-state index contributed by atoms with van der Waals surface area (Å²) in [4.78, 5) is 38.1. The maximum absolute atomic E-state index is 12.5. The SMILES string of the molecule is CCCSc1ccc(C=CC(=O)N2CCC(C(=O)NC(C)C(=O)O)CC2)c(Cl)c1Cl. The summed E-state index contributed by atoms with van der Waals surface area (Å²) in [5.74, 6) is -0.857. The van der Waals surface area contributed by atoms with Gasteiger partial charge >= 0.3 is 5.97 Å². The zero-order chi connectivity index (χ0) is 22.3. The van der Waals surface area contributed by atoms with E-state index in [9.17, 15) is 14.4 Å². The fraction of sp³-hybridized carbons (Fsp3) is 0.476. The average molecular weight is 473 g/mol. The maximum atomic E-state index is 12.5. The van der Waals surface area contributed by atoms with E-state index >= 15 is 0 Å². The molecule has 0 bridgehead atoms. The van der Waals surface area contributed by atoms with Gasteiger partial charge in [0.2, 0.25) is 11.8 Å². The zero-order valence-electron chi connectivity index (χ0n) is 17.0. The molecule has 164 valence electrons. The first-order valence-corrected chi connectivity index (χ1v) is 11.6. The molecule has 0 aliphatic carbocycles. The Labute approximate surface area is 191 Å². The minimum atomic E-state index is -1.07. The molecule has 1 aliphatic rings. The number of carboxylic acids is 1. The smallest absolute Gasteiger partial charge is 0.325 e. The molecule has 0 radical (unpaired) electrons. The first-order valence-electron chi connectivity index (χ1n) is 9.85. The lowest BCUT2D eigenvalue weighted by atomic mass is 9.95. The number of carboxylic acid groups (broad SMARTS) is 1. The van der Waals surface area contributed by atoms with Crippen LogP contribution < -0.4 is 5.32 Å². The summed E-state index contributed by atoms with van der Waals surface area (Å²) in [6.45, 7) is 4.39. The van der Waals surface area contributed by atoms with Crippen LogP contribution in [0.25, 0.3) is 6.08 Å². The first-order chi connectivity index (χ1) is 14.2. The molecule has 0 saturated carbocycles. The minimum absolute atomic E-state index is 0.163. The Hall–Kier alpha value is -1.70. The van der Waals surface area contributed by atoms with Crippen molar-refractivity contribution in [2.75, 3.05) is 18.8 Å². The molecule has 2 amide bonds. The van der Waals surface area contributed by atoms with Crippen molar-refractivity contribution in [3.8, 4) is 0 Å². The van der Waals surface area contributed by atoms with Crippen molar-refractivity contribution in [3.63, 3.8) is 0 Å². The van der Waals surface area contributed by atoms with Crippen molar-refractivity contribution >= 4 is 58.8 Å². The molecule has 1 aromatic rings. The van der Waals surface area contributed by atoms with E-state index in [4.69, 9.17) is 28.3 Å². The van der Waals surface area contributed by atoms with Crippen LogP contribution in [0.1, 0.15) is 38.7 Å². The molecule has 0 spiro atoms. The molecule has 1 aromatic carbocycles. The van der Waals surface area contributed by atoms with Crippen LogP contribution in [0.15, 0.2) is 23.1 Å². The third-order valence-corrected chi connectivity index (χ3v) is 7.12. The lowest BCUT2D eigenvalue weighted by molar-refractivity contribution is -0.142. The van der Waals surface area contributed by atoms with E-state index in [2.05, 4.69) is 12.2 Å². The third-order valence-electron chi connectivity index (χ3n) is 4.85. The van der Waals surface area contributed by atoms with Gasteiger partial charge in [-0.2, -0.15) is 0 Å². The monoisotopic (exact) mass is 472 g/mol. The number of benzene rings is 1. The fourth-order valence-corrected chi connectivity index (χ4v) is 4.46. The van der Waals surface area contributed by atoms with Gasteiger partial charge in [0.05, 0.1) is 10.0 Å². The van der Waals surface area contributed by atoms with Gasteiger partial charge in [0.25, 0.3) is 0 Å². The van der Waals surface area contributed by atoms with Gasteiger partial charge in [-0.3, -0.25) is 14.4 Å². The molecule has 1 saturated heterocycles. The number of amides is 2. The highest BCUT2D eigenvalue weighted by atomic mass is 35.5. The van der Waals surface area contributed by atoms with Crippen LogP contribution in [0.3, 0.4) is 0 Å². The summed E-state index contributed by atoms with van der Waals surface area (Å²) in [6.07, 6.45) is 5.13. The molecular weight excluding hydrogens is 447 g/mol. The number of thioether (sulfide) groups is 1. The van der Waals surface area contributed by atoms with E-state index < -0.39 is 12.0 Å². The first kappa shape index (κ1) is 24.6. The van der Waals surface area contributed by atoms with Crippen molar-refractivity contribution in [2.24, 2.45) is 5.92 Å². The van der Waals surface area contributed by atoms with Gasteiger partial charge in [-0.25, -0.2) is 0 Å². The van der Waals surface area contributed by atoms with E-state index in [1.54, 1.807) is 22.7 Å². The number of halogens is 2. The van der Waals surface area contributed by atoms with Crippen LogP contribution in [-0.4, -0.2) is 52.7 Å². The predicted molar refractivity (Wildman–Crippen MR) is 121 cm³/mol. The highest BCUT2D eigenvalue weighted by Gasteiger charge is 2.28. The number of nitrogens with one attached hydrogen (secondary N) is 1. The maximum Gasteiger partial charge on any atom is 0.325 e. The molecule has 0 aromatic heterocycles. The molecule has 1 fully saturated rings. The van der Waals surface area contributed by atoms with Gasteiger partial charge in [-0.1, -0.05) is 36.2 Å². The fourth-order valence-electron chi connectivity index (χ4n) is 3.02. The summed E-state index contributed by atoms with van der Waals surface area (Å²) >= 11 is 14.3. The number of carbonyl (C=O) groups excluding carboxylic acids is 2. The Bertz CT molecular complexity index is 823. The molecule has 2 rings (SSSR count). The standard InChI is InChI=1S/C21H26Cl2N2O4S/c1-3-12-30-16-6-4-14(18(22)19(16)23)5-7-17(26)25-10-8-15(9-11-25)20(27)24-13(2)21(28)29/h4-7,13,15H,3,8-12H2,1-2H3,(H,24,27)(H,28,29). The Morgan fingerprint density at radius 2 is 1.93 bits per heavy atom. The molecule has 1 aliphatic heterocycles. The summed E-state index contributed by atoms with van der Waals surface area (Å²) in [5.41, 5.74) is 0.674. The molecule has 2 N–H and O–H groups in total. The van der Waals surface area contributed by atoms with Crippen LogP contribution in [0.5, 0.6) is 0 Å². The molecule has 6 nitrogen and oxygen atoms in total. The molecule has 1 unspecified atom stereocenters. The molecule has 1 heterocycles. The molecule has 9 heteroatoms. The van der Waals surface area contributed by atoms with Crippen molar-refractivity contribution < 1.29 is 19.5 Å². The lowest BCUT2D eigenvalue weighted by Crippen LogP contribution is -2.46. The van der Waals surface area contributed by atoms with Crippen molar-refractivity contribution in [1.82, 2.24) is 10.2 Å². The molecule has 30 heavy (non-hydrogen) atoms. The van der Waals surface area contributed by atoms with E-state index in [0.29, 0.717) is 41.5 Å². The van der Waals surface area contributed by atoms with Gasteiger partial charge in [-0.05, 0) is 49.6 Å². The van der Waals surface area contributed by atoms with Crippen LogP contribution in [0.4, 0.5) is 0 Å². The highest BCUT2D eigenvalue weighted by molar-refractivity contribution is 7.99. The number of rotatable bonds is 8. The topological polar surface area (TPSA) is 86.7 Å². The van der Waals surface area contributed by atoms with E-state index in [-0.39, 0.29) is 17.7 Å². The normalized spacial score (nSPS) is 15.9. The second-order valence-corrected chi connectivity index (χ2v) is 9.02. The zero-order valence-corrected chi connectivity index (χ0v) is 19.3. The molecule has 1 atom stereocenters. The third kappa shape index (κ3) is 6.65. The average Bonchev–Trinajstić information content (AvgIpc) is 2.73. The summed E-state index contributed by atoms with van der Waals surface area (Å²) < 4.78 is 0. The van der Waals surface area contributed by atoms with E-state index in [1.165, 1.54) is 13.0 Å². The Morgan fingerprint density at radius 1 is 1.27 bits per heavy atom. The number of nitrogens with zero attached hydrogens (tertiary/aromatic N) is 1. The predicted octanol–water partition coefficient (Wildman–Crippen LogP) is 4.34. The van der Waals surface area contributed by atoms with Gasteiger partial charge in [0.1, 0.15) is 6.04 Å². The van der Waals surface area contributed by atoms with Gasteiger partial charge in [0, 0.05) is 30.0 Å². The number of aliphatic carboxylic acids is 1. The van der Waals surface area contributed by atoms with Crippen molar-refractivity contribution in [3.05, 3.63) is 33.8 Å². The highest BCUT2D eigenvalue weighted by Crippen LogP contribution is 2.36. The van der Waals surface area contributed by atoms with Crippen LogP contribution in [0.2, 0.25) is 10.0 Å². The number of carbonyl (C=O) groups is 3. The van der Waals surface area contributed by atoms with E-state index in [0.717, 1.165) is 17.1 Å². The quantitative estimate of drug-likeness (QED) is 0.434. The van der Waals surface area contributed by atoms with Crippen LogP contribution in [0, 0.1) is 5.92 Å². The Kier molecular flexibility index (Phi) is 9.52. The number of likely N-dealkylation sites (tertiary alicyclic amines) is 1. The second-order valence-electron chi connectivity index (χ2n) is 7.13. The van der Waals surface area contributed by atoms with Gasteiger partial charge in [-0.15, -0.1) is 11.8 Å². The number of hydrogen-bond donors (Lipinski definition) is 2. The number of piperidine rings is 1.